The van der Waals surface area contributed by atoms with Gasteiger partial charge in [0, 0.05) is 12.3 Å². The lowest BCUT2D eigenvalue weighted by molar-refractivity contribution is -0.123. The molecule has 19 heavy (non-hydrogen) atoms. The topological polar surface area (TPSA) is 43.1 Å². The van der Waals surface area contributed by atoms with Gasteiger partial charge in [-0.3, -0.25) is 4.79 Å². The molecule has 2 N–H and O–H groups in total. The van der Waals surface area contributed by atoms with Crippen molar-refractivity contribution in [3.63, 3.8) is 0 Å². The predicted octanol–water partition coefficient (Wildman–Crippen LogP) is 3.13. The number of benzene rings is 1. The molecule has 1 aromatic rings. The third-order valence-electron chi connectivity index (χ3n) is 4.45. The van der Waals surface area contributed by atoms with E-state index in [2.05, 4.69) is 31.2 Å². The lowest BCUT2D eigenvalue weighted by atomic mass is 9.79. The zero-order valence-electron chi connectivity index (χ0n) is 11.9. The minimum Gasteiger partial charge on any atom is -0.330 e. The Morgan fingerprint density at radius 3 is 2.21 bits per heavy atom. The van der Waals surface area contributed by atoms with Crippen molar-refractivity contribution in [2.75, 3.05) is 6.54 Å². The molecule has 2 heteroatoms. The number of ketones is 1. The summed E-state index contributed by atoms with van der Waals surface area (Å²) in [6, 6.07) is 8.46. The molecule has 0 bridgehead atoms. The highest BCUT2D eigenvalue weighted by atomic mass is 16.1. The van der Waals surface area contributed by atoms with Gasteiger partial charge >= 0.3 is 0 Å². The van der Waals surface area contributed by atoms with Crippen LogP contribution in [0.25, 0.3) is 0 Å². The zero-order chi connectivity index (χ0) is 13.7. The van der Waals surface area contributed by atoms with Gasteiger partial charge in [-0.15, -0.1) is 0 Å². The van der Waals surface area contributed by atoms with Crippen LogP contribution in [0.15, 0.2) is 24.3 Å². The molecule has 1 aliphatic carbocycles. The van der Waals surface area contributed by atoms with Crippen molar-refractivity contribution < 1.29 is 4.79 Å². The SMILES string of the molecule is CCc1ccc(CC(=O)C2CCC(CN)CC2)cc1. The van der Waals surface area contributed by atoms with Gasteiger partial charge in [0.15, 0.2) is 0 Å². The van der Waals surface area contributed by atoms with Crippen molar-refractivity contribution in [1.82, 2.24) is 0 Å². The number of carbonyl (C=O) groups is 1. The third kappa shape index (κ3) is 3.90. The van der Waals surface area contributed by atoms with Crippen LogP contribution in [0.4, 0.5) is 0 Å². The Kier molecular flexibility index (Phi) is 5.15. The lowest BCUT2D eigenvalue weighted by Gasteiger charge is -2.26. The fourth-order valence-electron chi connectivity index (χ4n) is 2.96. The van der Waals surface area contributed by atoms with E-state index in [0.717, 1.165) is 44.2 Å². The molecule has 0 heterocycles. The highest BCUT2D eigenvalue weighted by molar-refractivity contribution is 5.83. The summed E-state index contributed by atoms with van der Waals surface area (Å²) in [5.74, 6) is 1.33. The fraction of sp³-hybridized carbons (Fsp3) is 0.588. The first-order chi connectivity index (χ1) is 9.22. The van der Waals surface area contributed by atoms with E-state index >= 15 is 0 Å². The van der Waals surface area contributed by atoms with Gasteiger partial charge in [0.25, 0.3) is 0 Å². The molecule has 104 valence electrons. The van der Waals surface area contributed by atoms with Crippen LogP contribution in [0.5, 0.6) is 0 Å². The monoisotopic (exact) mass is 259 g/mol. The van der Waals surface area contributed by atoms with E-state index < -0.39 is 0 Å². The summed E-state index contributed by atoms with van der Waals surface area (Å²) in [5, 5.41) is 0. The first-order valence-corrected chi connectivity index (χ1v) is 7.53. The van der Waals surface area contributed by atoms with E-state index in [1.54, 1.807) is 0 Å². The van der Waals surface area contributed by atoms with Crippen molar-refractivity contribution in [3.05, 3.63) is 35.4 Å². The molecule has 0 aromatic heterocycles. The normalized spacial score (nSPS) is 23.3. The van der Waals surface area contributed by atoms with Crippen LogP contribution in [-0.4, -0.2) is 12.3 Å². The maximum absolute atomic E-state index is 12.3. The number of nitrogens with two attached hydrogens (primary N) is 1. The Morgan fingerprint density at radius 1 is 1.11 bits per heavy atom. The Hall–Kier alpha value is -1.15. The second-order valence-electron chi connectivity index (χ2n) is 5.77. The molecular weight excluding hydrogens is 234 g/mol. The van der Waals surface area contributed by atoms with Crippen LogP contribution >= 0.6 is 0 Å². The summed E-state index contributed by atoms with van der Waals surface area (Å²) in [6.07, 6.45) is 5.98. The summed E-state index contributed by atoms with van der Waals surface area (Å²) in [7, 11) is 0. The molecule has 0 radical (unpaired) electrons. The number of hydrogen-bond donors (Lipinski definition) is 1. The molecule has 1 fully saturated rings. The molecule has 2 rings (SSSR count). The summed E-state index contributed by atoms with van der Waals surface area (Å²) >= 11 is 0. The van der Waals surface area contributed by atoms with E-state index in [1.165, 1.54) is 5.56 Å². The molecule has 0 spiro atoms. The lowest BCUT2D eigenvalue weighted by Crippen LogP contribution is -2.26. The summed E-state index contributed by atoms with van der Waals surface area (Å²) < 4.78 is 0. The van der Waals surface area contributed by atoms with E-state index in [4.69, 9.17) is 5.73 Å². The first-order valence-electron chi connectivity index (χ1n) is 7.53. The fourth-order valence-corrected chi connectivity index (χ4v) is 2.96. The minimum atomic E-state index is 0.272. The predicted molar refractivity (Wildman–Crippen MR) is 79.0 cm³/mol. The van der Waals surface area contributed by atoms with E-state index in [-0.39, 0.29) is 5.92 Å². The molecule has 0 unspecified atom stereocenters. The van der Waals surface area contributed by atoms with Crippen molar-refractivity contribution in [3.8, 4) is 0 Å². The first kappa shape index (κ1) is 14.3. The molecule has 1 saturated carbocycles. The van der Waals surface area contributed by atoms with E-state index in [0.29, 0.717) is 18.1 Å². The summed E-state index contributed by atoms with van der Waals surface area (Å²) in [6.45, 7) is 2.93. The Labute approximate surface area is 116 Å². The van der Waals surface area contributed by atoms with Crippen molar-refractivity contribution in [1.29, 1.82) is 0 Å². The van der Waals surface area contributed by atoms with Crippen LogP contribution in [0.3, 0.4) is 0 Å². The molecule has 0 aliphatic heterocycles. The standard InChI is InChI=1S/C17H25NO/c1-2-13-3-5-14(6-4-13)11-17(19)16-9-7-15(12-18)8-10-16/h3-6,15-16H,2,7-12,18H2,1H3. The maximum atomic E-state index is 12.3. The summed E-state index contributed by atoms with van der Waals surface area (Å²) in [4.78, 5) is 12.3. The molecule has 0 saturated heterocycles. The highest BCUT2D eigenvalue weighted by Crippen LogP contribution is 2.29. The second kappa shape index (κ2) is 6.85. The van der Waals surface area contributed by atoms with Crippen LogP contribution in [0.2, 0.25) is 0 Å². The Balaban J connectivity index is 1.86. The number of Topliss-reactive ketones (excluding diaryl/α,β-unsaturated/α-hetero) is 1. The molecule has 2 nitrogen and oxygen atoms in total. The number of rotatable bonds is 5. The molecule has 1 aromatic carbocycles. The molecule has 1 aliphatic rings. The van der Waals surface area contributed by atoms with Gasteiger partial charge in [-0.25, -0.2) is 0 Å². The number of aryl methyl sites for hydroxylation is 1. The quantitative estimate of drug-likeness (QED) is 0.883. The third-order valence-corrected chi connectivity index (χ3v) is 4.45. The van der Waals surface area contributed by atoms with Crippen molar-refractivity contribution in [2.45, 2.75) is 45.4 Å². The molecule has 0 amide bonds. The average molecular weight is 259 g/mol. The number of carbonyl (C=O) groups excluding carboxylic acids is 1. The summed E-state index contributed by atoms with van der Waals surface area (Å²) in [5.41, 5.74) is 8.18. The maximum Gasteiger partial charge on any atom is 0.140 e. The van der Waals surface area contributed by atoms with Gasteiger partial charge < -0.3 is 5.73 Å². The van der Waals surface area contributed by atoms with Crippen LogP contribution in [0.1, 0.15) is 43.7 Å². The Morgan fingerprint density at radius 2 is 1.68 bits per heavy atom. The number of hydrogen-bond acceptors (Lipinski definition) is 2. The highest BCUT2D eigenvalue weighted by Gasteiger charge is 2.25. The average Bonchev–Trinajstić information content (AvgIpc) is 2.48. The van der Waals surface area contributed by atoms with Crippen LogP contribution in [-0.2, 0) is 17.6 Å². The van der Waals surface area contributed by atoms with Crippen LogP contribution < -0.4 is 5.73 Å². The van der Waals surface area contributed by atoms with E-state index in [1.807, 2.05) is 0 Å². The van der Waals surface area contributed by atoms with Gasteiger partial charge in [0.2, 0.25) is 0 Å². The van der Waals surface area contributed by atoms with Gasteiger partial charge in [-0.1, -0.05) is 31.2 Å². The Bertz CT molecular complexity index is 402. The van der Waals surface area contributed by atoms with Crippen LogP contribution in [0, 0.1) is 11.8 Å². The molecular formula is C17H25NO. The zero-order valence-corrected chi connectivity index (χ0v) is 11.9. The second-order valence-corrected chi connectivity index (χ2v) is 5.77. The van der Waals surface area contributed by atoms with Gasteiger partial charge in [0.1, 0.15) is 5.78 Å². The van der Waals surface area contributed by atoms with Gasteiger partial charge in [0.05, 0.1) is 0 Å². The van der Waals surface area contributed by atoms with E-state index in [9.17, 15) is 4.79 Å². The minimum absolute atomic E-state index is 0.272. The molecule has 0 atom stereocenters. The smallest absolute Gasteiger partial charge is 0.140 e. The largest absolute Gasteiger partial charge is 0.330 e. The van der Waals surface area contributed by atoms with Crippen molar-refractivity contribution in [2.24, 2.45) is 17.6 Å². The van der Waals surface area contributed by atoms with Gasteiger partial charge in [-0.2, -0.15) is 0 Å². The van der Waals surface area contributed by atoms with Crippen molar-refractivity contribution >= 4 is 5.78 Å². The van der Waals surface area contributed by atoms with Gasteiger partial charge in [-0.05, 0) is 55.7 Å².